The van der Waals surface area contributed by atoms with Crippen LogP contribution in [-0.2, 0) is 6.42 Å². The highest BCUT2D eigenvalue weighted by atomic mass is 19.4. The zero-order valence-electron chi connectivity index (χ0n) is 11.2. The Kier molecular flexibility index (Phi) is 4.18. The number of ether oxygens (including phenoxy) is 1. The fraction of sp³-hybridized carbons (Fsp3) is 0.188. The van der Waals surface area contributed by atoms with Crippen molar-refractivity contribution in [2.75, 3.05) is 0 Å². The van der Waals surface area contributed by atoms with Crippen LogP contribution in [0.1, 0.15) is 18.1 Å². The number of hydrogen-bond donors (Lipinski definition) is 0. The van der Waals surface area contributed by atoms with Crippen LogP contribution in [-0.4, -0.2) is 6.36 Å². The van der Waals surface area contributed by atoms with Crippen LogP contribution in [0, 0.1) is 11.3 Å². The summed E-state index contributed by atoms with van der Waals surface area (Å²) in [4.78, 5) is 0. The average Bonchev–Trinajstić information content (AvgIpc) is 2.45. The minimum absolute atomic E-state index is 0.303. The predicted molar refractivity (Wildman–Crippen MR) is 72.7 cm³/mol. The van der Waals surface area contributed by atoms with Gasteiger partial charge >= 0.3 is 6.36 Å². The van der Waals surface area contributed by atoms with Gasteiger partial charge in [-0.15, -0.1) is 13.2 Å². The van der Waals surface area contributed by atoms with Crippen molar-refractivity contribution in [2.24, 2.45) is 0 Å². The summed E-state index contributed by atoms with van der Waals surface area (Å²) < 4.78 is 40.8. The van der Waals surface area contributed by atoms with Gasteiger partial charge in [-0.25, -0.2) is 0 Å². The van der Waals surface area contributed by atoms with E-state index in [1.165, 1.54) is 12.1 Å². The Morgan fingerprint density at radius 3 is 2.52 bits per heavy atom. The van der Waals surface area contributed by atoms with Crippen LogP contribution in [0.15, 0.2) is 42.5 Å². The number of benzene rings is 2. The van der Waals surface area contributed by atoms with Crippen molar-refractivity contribution in [3.63, 3.8) is 0 Å². The Balaban J connectivity index is 2.50. The van der Waals surface area contributed by atoms with Crippen LogP contribution in [0.25, 0.3) is 11.1 Å². The molecular formula is C16H12F3NO. The maximum atomic E-state index is 12.3. The van der Waals surface area contributed by atoms with E-state index in [2.05, 4.69) is 4.74 Å². The first-order valence-corrected chi connectivity index (χ1v) is 6.32. The molecule has 0 amide bonds. The molecule has 0 aliphatic rings. The van der Waals surface area contributed by atoms with E-state index in [1.54, 1.807) is 6.07 Å². The van der Waals surface area contributed by atoms with Gasteiger partial charge in [0.05, 0.1) is 11.6 Å². The van der Waals surface area contributed by atoms with Crippen LogP contribution >= 0.6 is 0 Å². The second-order valence-electron chi connectivity index (χ2n) is 4.42. The lowest BCUT2D eigenvalue weighted by Gasteiger charge is -2.12. The normalized spacial score (nSPS) is 11.0. The molecule has 0 bridgehead atoms. The van der Waals surface area contributed by atoms with E-state index in [9.17, 15) is 13.2 Å². The average molecular weight is 291 g/mol. The van der Waals surface area contributed by atoms with Gasteiger partial charge in [-0.1, -0.05) is 31.2 Å². The standard InChI is InChI=1S/C16H12F3NO/c1-2-11-4-3-5-12(8-11)15-9-14(21-16(17,18)19)7-6-13(15)10-20/h3-9H,2H2,1H3. The number of aryl methyl sites for hydroxylation is 1. The molecule has 0 radical (unpaired) electrons. The summed E-state index contributed by atoms with van der Waals surface area (Å²) in [6.45, 7) is 1.98. The Bertz CT molecular complexity index is 687. The Morgan fingerprint density at radius 2 is 1.90 bits per heavy atom. The first kappa shape index (κ1) is 14.9. The molecule has 2 nitrogen and oxygen atoms in total. The van der Waals surface area contributed by atoms with Crippen LogP contribution in [0.4, 0.5) is 13.2 Å². The molecule has 2 aromatic rings. The summed E-state index contributed by atoms with van der Waals surface area (Å²) >= 11 is 0. The lowest BCUT2D eigenvalue weighted by Crippen LogP contribution is -2.17. The molecule has 108 valence electrons. The number of nitriles is 1. The maximum absolute atomic E-state index is 12.3. The minimum atomic E-state index is -4.75. The van der Waals surface area contributed by atoms with Gasteiger partial charge < -0.3 is 4.74 Å². The van der Waals surface area contributed by atoms with Crippen LogP contribution < -0.4 is 4.74 Å². The third kappa shape index (κ3) is 3.76. The molecular weight excluding hydrogens is 279 g/mol. The van der Waals surface area contributed by atoms with Crippen molar-refractivity contribution in [1.29, 1.82) is 5.26 Å². The first-order chi connectivity index (χ1) is 9.93. The van der Waals surface area contributed by atoms with Gasteiger partial charge in [-0.2, -0.15) is 5.26 Å². The summed E-state index contributed by atoms with van der Waals surface area (Å²) in [5.41, 5.74) is 2.46. The topological polar surface area (TPSA) is 33.0 Å². The molecule has 21 heavy (non-hydrogen) atoms. The molecule has 2 rings (SSSR count). The molecule has 0 saturated heterocycles. The van der Waals surface area contributed by atoms with Gasteiger partial charge in [-0.3, -0.25) is 0 Å². The van der Waals surface area contributed by atoms with Gasteiger partial charge in [0.15, 0.2) is 0 Å². The summed E-state index contributed by atoms with van der Waals surface area (Å²) in [6, 6.07) is 13.0. The maximum Gasteiger partial charge on any atom is 0.573 e. The molecule has 0 fully saturated rings. The van der Waals surface area contributed by atoms with Crippen molar-refractivity contribution in [3.8, 4) is 22.9 Å². The van der Waals surface area contributed by atoms with Crippen molar-refractivity contribution in [2.45, 2.75) is 19.7 Å². The van der Waals surface area contributed by atoms with Crippen molar-refractivity contribution < 1.29 is 17.9 Å². The number of alkyl halides is 3. The van der Waals surface area contributed by atoms with Gasteiger partial charge in [0.25, 0.3) is 0 Å². The molecule has 2 aromatic carbocycles. The third-order valence-corrected chi connectivity index (χ3v) is 2.99. The number of halogens is 3. The highest BCUT2D eigenvalue weighted by Crippen LogP contribution is 2.31. The summed E-state index contributed by atoms with van der Waals surface area (Å²) in [5, 5.41) is 9.12. The fourth-order valence-electron chi connectivity index (χ4n) is 2.02. The van der Waals surface area contributed by atoms with Crippen molar-refractivity contribution in [3.05, 3.63) is 53.6 Å². The highest BCUT2D eigenvalue weighted by molar-refractivity contribution is 5.72. The molecule has 0 aliphatic carbocycles. The van der Waals surface area contributed by atoms with E-state index in [0.29, 0.717) is 16.7 Å². The zero-order chi connectivity index (χ0) is 15.5. The Morgan fingerprint density at radius 1 is 1.14 bits per heavy atom. The third-order valence-electron chi connectivity index (χ3n) is 2.99. The smallest absolute Gasteiger partial charge is 0.406 e. The van der Waals surface area contributed by atoms with Crippen molar-refractivity contribution >= 4 is 0 Å². The predicted octanol–water partition coefficient (Wildman–Crippen LogP) is 4.69. The lowest BCUT2D eigenvalue weighted by atomic mass is 9.98. The summed E-state index contributed by atoms with van der Waals surface area (Å²) in [5.74, 6) is -0.335. The summed E-state index contributed by atoms with van der Waals surface area (Å²) in [6.07, 6.45) is -3.95. The molecule has 0 aliphatic heterocycles. The van der Waals surface area contributed by atoms with Crippen LogP contribution in [0.2, 0.25) is 0 Å². The van der Waals surface area contributed by atoms with Crippen molar-refractivity contribution in [1.82, 2.24) is 0 Å². The van der Waals surface area contributed by atoms with Crippen LogP contribution in [0.3, 0.4) is 0 Å². The molecule has 0 saturated carbocycles. The second kappa shape index (κ2) is 5.88. The number of nitrogens with zero attached hydrogens (tertiary/aromatic N) is 1. The molecule has 0 N–H and O–H groups in total. The minimum Gasteiger partial charge on any atom is -0.406 e. The van der Waals surface area contributed by atoms with E-state index in [1.807, 2.05) is 31.2 Å². The van der Waals surface area contributed by atoms with Gasteiger partial charge in [-0.05, 0) is 35.7 Å². The molecule has 0 atom stereocenters. The highest BCUT2D eigenvalue weighted by Gasteiger charge is 2.31. The molecule has 0 unspecified atom stereocenters. The van der Waals surface area contributed by atoms with E-state index in [4.69, 9.17) is 5.26 Å². The van der Waals surface area contributed by atoms with E-state index in [0.717, 1.165) is 18.1 Å². The van der Waals surface area contributed by atoms with Gasteiger partial charge in [0.1, 0.15) is 5.75 Å². The van der Waals surface area contributed by atoms with E-state index < -0.39 is 6.36 Å². The number of hydrogen-bond acceptors (Lipinski definition) is 2. The fourth-order valence-corrected chi connectivity index (χ4v) is 2.02. The molecule has 5 heteroatoms. The largest absolute Gasteiger partial charge is 0.573 e. The Labute approximate surface area is 120 Å². The number of rotatable bonds is 3. The zero-order valence-corrected chi connectivity index (χ0v) is 11.2. The molecule has 0 heterocycles. The van der Waals surface area contributed by atoms with Crippen LogP contribution in [0.5, 0.6) is 5.75 Å². The Hall–Kier alpha value is -2.48. The first-order valence-electron chi connectivity index (χ1n) is 6.32. The van der Waals surface area contributed by atoms with E-state index >= 15 is 0 Å². The second-order valence-corrected chi connectivity index (χ2v) is 4.42. The SMILES string of the molecule is CCc1cccc(-c2cc(OC(F)(F)F)ccc2C#N)c1. The van der Waals surface area contributed by atoms with Gasteiger partial charge in [0.2, 0.25) is 0 Å². The quantitative estimate of drug-likeness (QED) is 0.822. The van der Waals surface area contributed by atoms with Gasteiger partial charge in [0, 0.05) is 5.56 Å². The molecule has 0 spiro atoms. The monoisotopic (exact) mass is 291 g/mol. The summed E-state index contributed by atoms with van der Waals surface area (Å²) in [7, 11) is 0. The molecule has 0 aromatic heterocycles. The lowest BCUT2D eigenvalue weighted by molar-refractivity contribution is -0.274. The van der Waals surface area contributed by atoms with E-state index in [-0.39, 0.29) is 5.75 Å².